The van der Waals surface area contributed by atoms with Crippen LogP contribution in [0.3, 0.4) is 0 Å². The molecule has 2 nitrogen and oxygen atoms in total. The van der Waals surface area contributed by atoms with Crippen LogP contribution in [0, 0.1) is 5.41 Å². The minimum Gasteiger partial charge on any atom is -0.330 e. The summed E-state index contributed by atoms with van der Waals surface area (Å²) in [6.07, 6.45) is 11.0. The molecule has 1 heterocycles. The van der Waals surface area contributed by atoms with E-state index in [9.17, 15) is 0 Å². The van der Waals surface area contributed by atoms with Gasteiger partial charge in [-0.1, -0.05) is 19.3 Å². The van der Waals surface area contributed by atoms with Gasteiger partial charge in [-0.3, -0.25) is 4.90 Å². The van der Waals surface area contributed by atoms with Crippen LogP contribution in [0.4, 0.5) is 0 Å². The molecular formula is C17H28N2S. The average Bonchev–Trinajstić information content (AvgIpc) is 3.22. The van der Waals surface area contributed by atoms with E-state index in [0.717, 1.165) is 19.1 Å². The second-order valence-electron chi connectivity index (χ2n) is 6.85. The van der Waals surface area contributed by atoms with Gasteiger partial charge in [0.1, 0.15) is 0 Å². The van der Waals surface area contributed by atoms with Crippen LogP contribution in [0.15, 0.2) is 16.8 Å². The maximum atomic E-state index is 6.14. The molecule has 1 aromatic rings. The van der Waals surface area contributed by atoms with E-state index in [4.69, 9.17) is 5.73 Å². The Labute approximate surface area is 127 Å². The first kappa shape index (κ1) is 14.6. The molecule has 2 aliphatic carbocycles. The monoisotopic (exact) mass is 292 g/mol. The largest absolute Gasteiger partial charge is 0.330 e. The van der Waals surface area contributed by atoms with Gasteiger partial charge in [-0.05, 0) is 73.0 Å². The van der Waals surface area contributed by atoms with Gasteiger partial charge in [0.2, 0.25) is 0 Å². The molecule has 2 saturated carbocycles. The van der Waals surface area contributed by atoms with Crippen molar-refractivity contribution >= 4 is 11.3 Å². The van der Waals surface area contributed by atoms with Gasteiger partial charge in [0.05, 0.1) is 0 Å². The zero-order valence-corrected chi connectivity index (χ0v) is 13.3. The van der Waals surface area contributed by atoms with Gasteiger partial charge >= 0.3 is 0 Å². The second kappa shape index (κ2) is 6.59. The molecule has 0 aliphatic heterocycles. The van der Waals surface area contributed by atoms with Crippen LogP contribution in [-0.4, -0.2) is 24.0 Å². The minimum absolute atomic E-state index is 0.458. The van der Waals surface area contributed by atoms with Crippen molar-refractivity contribution in [3.8, 4) is 0 Å². The van der Waals surface area contributed by atoms with E-state index in [-0.39, 0.29) is 0 Å². The van der Waals surface area contributed by atoms with Crippen molar-refractivity contribution in [2.75, 3.05) is 13.1 Å². The Hall–Kier alpha value is -0.380. The molecule has 3 rings (SSSR count). The summed E-state index contributed by atoms with van der Waals surface area (Å²) < 4.78 is 0. The molecule has 0 radical (unpaired) electrons. The third-order valence-corrected chi connectivity index (χ3v) is 6.04. The predicted octanol–water partition coefficient (Wildman–Crippen LogP) is 4.01. The van der Waals surface area contributed by atoms with Gasteiger partial charge in [-0.15, -0.1) is 0 Å². The van der Waals surface area contributed by atoms with Crippen LogP contribution >= 0.6 is 11.3 Å². The highest BCUT2D eigenvalue weighted by Crippen LogP contribution is 2.39. The van der Waals surface area contributed by atoms with E-state index >= 15 is 0 Å². The summed E-state index contributed by atoms with van der Waals surface area (Å²) in [6, 6.07) is 3.13. The highest BCUT2D eigenvalue weighted by Gasteiger charge is 2.34. The summed E-state index contributed by atoms with van der Waals surface area (Å²) in [5, 5.41) is 4.50. The zero-order valence-electron chi connectivity index (χ0n) is 12.5. The molecule has 0 bridgehead atoms. The molecule has 2 fully saturated rings. The van der Waals surface area contributed by atoms with Gasteiger partial charge in [-0.25, -0.2) is 0 Å². The van der Waals surface area contributed by atoms with Crippen molar-refractivity contribution in [1.29, 1.82) is 0 Å². The van der Waals surface area contributed by atoms with Gasteiger partial charge in [0, 0.05) is 12.6 Å². The highest BCUT2D eigenvalue weighted by atomic mass is 32.1. The van der Waals surface area contributed by atoms with Crippen LogP contribution in [0.1, 0.15) is 56.9 Å². The quantitative estimate of drug-likeness (QED) is 0.822. The maximum Gasteiger partial charge on any atom is 0.0244 e. The number of nitrogens with zero attached hydrogens (tertiary/aromatic N) is 1. The van der Waals surface area contributed by atoms with Crippen molar-refractivity contribution in [2.24, 2.45) is 11.1 Å². The van der Waals surface area contributed by atoms with E-state index in [0.29, 0.717) is 5.41 Å². The number of hydrogen-bond acceptors (Lipinski definition) is 3. The van der Waals surface area contributed by atoms with Gasteiger partial charge < -0.3 is 5.73 Å². The van der Waals surface area contributed by atoms with E-state index in [1.165, 1.54) is 63.5 Å². The van der Waals surface area contributed by atoms with E-state index in [1.54, 1.807) is 0 Å². The molecule has 112 valence electrons. The first-order chi connectivity index (χ1) is 9.81. The fourth-order valence-electron chi connectivity index (χ4n) is 3.69. The topological polar surface area (TPSA) is 29.3 Å². The van der Waals surface area contributed by atoms with Crippen LogP contribution in [-0.2, 0) is 6.54 Å². The van der Waals surface area contributed by atoms with E-state index in [1.807, 2.05) is 11.3 Å². The molecule has 2 N–H and O–H groups in total. The van der Waals surface area contributed by atoms with Gasteiger partial charge in [0.25, 0.3) is 0 Å². The lowest BCUT2D eigenvalue weighted by Crippen LogP contribution is -2.37. The molecule has 0 amide bonds. The first-order valence-corrected chi connectivity index (χ1v) is 9.21. The van der Waals surface area contributed by atoms with Crippen LogP contribution in [0.25, 0.3) is 0 Å². The molecule has 2 aliphatic rings. The van der Waals surface area contributed by atoms with Crippen molar-refractivity contribution in [3.63, 3.8) is 0 Å². The lowest BCUT2D eigenvalue weighted by molar-refractivity contribution is 0.140. The Morgan fingerprint density at radius 2 is 2.05 bits per heavy atom. The lowest BCUT2D eigenvalue weighted by Gasteiger charge is -2.38. The number of hydrogen-bond donors (Lipinski definition) is 1. The fraction of sp³-hybridized carbons (Fsp3) is 0.765. The maximum absolute atomic E-state index is 6.14. The van der Waals surface area contributed by atoms with Crippen LogP contribution in [0.5, 0.6) is 0 Å². The Morgan fingerprint density at radius 1 is 1.25 bits per heavy atom. The lowest BCUT2D eigenvalue weighted by atomic mass is 9.72. The van der Waals surface area contributed by atoms with Gasteiger partial charge in [0.15, 0.2) is 0 Å². The Balaban J connectivity index is 1.56. The Bertz CT molecular complexity index is 391. The van der Waals surface area contributed by atoms with Gasteiger partial charge in [-0.2, -0.15) is 11.3 Å². The summed E-state index contributed by atoms with van der Waals surface area (Å²) in [4.78, 5) is 2.72. The molecule has 0 aromatic carbocycles. The zero-order chi connectivity index (χ0) is 13.8. The molecule has 0 spiro atoms. The first-order valence-electron chi connectivity index (χ1n) is 8.27. The summed E-state index contributed by atoms with van der Waals surface area (Å²) in [7, 11) is 0. The summed E-state index contributed by atoms with van der Waals surface area (Å²) in [6.45, 7) is 3.29. The molecule has 0 unspecified atom stereocenters. The Kier molecular flexibility index (Phi) is 4.79. The molecule has 3 heteroatoms. The molecule has 0 atom stereocenters. The van der Waals surface area contributed by atoms with Crippen molar-refractivity contribution in [3.05, 3.63) is 22.4 Å². The molecule has 20 heavy (non-hydrogen) atoms. The smallest absolute Gasteiger partial charge is 0.0244 e. The second-order valence-corrected chi connectivity index (χ2v) is 7.63. The van der Waals surface area contributed by atoms with E-state index in [2.05, 4.69) is 21.7 Å². The predicted molar refractivity (Wildman–Crippen MR) is 86.9 cm³/mol. The molecule has 0 saturated heterocycles. The highest BCUT2D eigenvalue weighted by molar-refractivity contribution is 7.07. The molecular weight excluding hydrogens is 264 g/mol. The van der Waals surface area contributed by atoms with Crippen molar-refractivity contribution in [1.82, 2.24) is 4.90 Å². The SMILES string of the molecule is NCC1(CCN(Cc2ccsc2)C2CC2)CCCCC1. The van der Waals surface area contributed by atoms with Crippen LogP contribution in [0.2, 0.25) is 0 Å². The fourth-order valence-corrected chi connectivity index (χ4v) is 4.35. The summed E-state index contributed by atoms with van der Waals surface area (Å²) in [5.41, 5.74) is 8.09. The van der Waals surface area contributed by atoms with Crippen molar-refractivity contribution < 1.29 is 0 Å². The summed E-state index contributed by atoms with van der Waals surface area (Å²) in [5.74, 6) is 0. The average molecular weight is 292 g/mol. The Morgan fingerprint density at radius 3 is 2.65 bits per heavy atom. The summed E-state index contributed by atoms with van der Waals surface area (Å²) >= 11 is 1.82. The standard InChI is InChI=1S/C17H28N2S/c18-14-17(7-2-1-3-8-17)9-10-19(16-4-5-16)12-15-6-11-20-13-15/h6,11,13,16H,1-5,7-10,12,14,18H2. The van der Waals surface area contributed by atoms with E-state index < -0.39 is 0 Å². The third kappa shape index (κ3) is 3.63. The van der Waals surface area contributed by atoms with Crippen LogP contribution < -0.4 is 5.73 Å². The molecule has 1 aromatic heterocycles. The number of nitrogens with two attached hydrogens (primary N) is 1. The normalized spacial score (nSPS) is 22.3. The minimum atomic E-state index is 0.458. The number of thiophene rings is 1. The third-order valence-electron chi connectivity index (χ3n) is 5.31. The van der Waals surface area contributed by atoms with Crippen molar-refractivity contribution in [2.45, 2.75) is 64.0 Å². The number of rotatable bonds is 7.